The van der Waals surface area contributed by atoms with Gasteiger partial charge in [0.05, 0.1) is 12.0 Å². The van der Waals surface area contributed by atoms with E-state index in [9.17, 15) is 10.1 Å². The quantitative estimate of drug-likeness (QED) is 0.598. The number of nitro benzene ring substituents is 1. The zero-order chi connectivity index (χ0) is 15.2. The fraction of sp³-hybridized carbons (Fsp3) is 0.125. The lowest BCUT2D eigenvalue weighted by Gasteiger charge is -2.11. The fourth-order valence-corrected chi connectivity index (χ4v) is 1.81. The first kappa shape index (κ1) is 14.6. The second kappa shape index (κ2) is 6.56. The largest absolute Gasteiger partial charge is 0.493 e. The van der Waals surface area contributed by atoms with Gasteiger partial charge in [-0.25, -0.2) is 0 Å². The molecule has 0 aromatic heterocycles. The highest BCUT2D eigenvalue weighted by molar-refractivity contribution is 5.54. The van der Waals surface area contributed by atoms with Crippen molar-refractivity contribution < 1.29 is 14.4 Å². The molecule has 2 rings (SSSR count). The summed E-state index contributed by atoms with van der Waals surface area (Å²) in [6, 6.07) is 11.8. The maximum absolute atomic E-state index is 10.6. The van der Waals surface area contributed by atoms with Crippen LogP contribution < -0.4 is 9.47 Å². The van der Waals surface area contributed by atoms with Gasteiger partial charge in [0.15, 0.2) is 11.5 Å². The molecule has 0 aliphatic heterocycles. The normalized spacial score (nSPS) is 9.95. The Kier molecular flexibility index (Phi) is 4.56. The van der Waals surface area contributed by atoms with Crippen LogP contribution in [-0.4, -0.2) is 12.0 Å². The highest BCUT2D eigenvalue weighted by Crippen LogP contribution is 2.29. The van der Waals surface area contributed by atoms with Crippen LogP contribution in [0.4, 0.5) is 5.69 Å². The van der Waals surface area contributed by atoms with Crippen molar-refractivity contribution >= 4 is 11.8 Å². The fourth-order valence-electron chi connectivity index (χ4n) is 1.81. The molecular formula is C16H15NO4. The maximum atomic E-state index is 10.6. The number of hydrogen-bond donors (Lipinski definition) is 0. The first-order valence-corrected chi connectivity index (χ1v) is 6.30. The smallest absolute Gasteiger partial charge is 0.269 e. The Labute approximate surface area is 122 Å². The van der Waals surface area contributed by atoms with Gasteiger partial charge in [-0.05, 0) is 35.4 Å². The predicted octanol–water partition coefficient (Wildman–Crippen LogP) is 3.83. The van der Waals surface area contributed by atoms with Crippen molar-refractivity contribution in [3.8, 4) is 11.5 Å². The van der Waals surface area contributed by atoms with E-state index in [1.165, 1.54) is 12.1 Å². The molecule has 0 saturated carbocycles. The molecule has 0 saturated heterocycles. The van der Waals surface area contributed by atoms with Crippen LogP contribution in [-0.2, 0) is 6.61 Å². The number of rotatable bonds is 6. The Balaban J connectivity index is 2.08. The topological polar surface area (TPSA) is 61.6 Å². The summed E-state index contributed by atoms with van der Waals surface area (Å²) in [5, 5.41) is 10.6. The van der Waals surface area contributed by atoms with Gasteiger partial charge >= 0.3 is 0 Å². The molecule has 5 heteroatoms. The van der Waals surface area contributed by atoms with E-state index in [1.54, 1.807) is 31.4 Å². The van der Waals surface area contributed by atoms with Crippen molar-refractivity contribution in [1.82, 2.24) is 0 Å². The van der Waals surface area contributed by atoms with Crippen LogP contribution in [0.2, 0.25) is 0 Å². The number of benzene rings is 2. The summed E-state index contributed by atoms with van der Waals surface area (Å²) in [4.78, 5) is 10.2. The number of nitro groups is 1. The number of non-ortho nitro benzene ring substituents is 1. The standard InChI is InChI=1S/C16H15NO4/c1-3-12-6-9-15(16(10-12)20-2)21-11-13-4-7-14(8-5-13)17(18)19/h3-10H,1,11H2,2H3. The molecule has 0 unspecified atom stereocenters. The molecule has 0 amide bonds. The van der Waals surface area contributed by atoms with Gasteiger partial charge < -0.3 is 9.47 Å². The molecule has 2 aromatic rings. The molecule has 0 spiro atoms. The molecule has 5 nitrogen and oxygen atoms in total. The second-order valence-corrected chi connectivity index (χ2v) is 4.33. The zero-order valence-electron chi connectivity index (χ0n) is 11.6. The van der Waals surface area contributed by atoms with Gasteiger partial charge in [-0.15, -0.1) is 0 Å². The Morgan fingerprint density at radius 2 is 1.90 bits per heavy atom. The minimum absolute atomic E-state index is 0.0617. The molecule has 0 fully saturated rings. The van der Waals surface area contributed by atoms with Crippen molar-refractivity contribution in [2.45, 2.75) is 6.61 Å². The Hall–Kier alpha value is -2.82. The summed E-state index contributed by atoms with van der Waals surface area (Å²) >= 11 is 0. The summed E-state index contributed by atoms with van der Waals surface area (Å²) in [7, 11) is 1.57. The van der Waals surface area contributed by atoms with E-state index in [0.717, 1.165) is 11.1 Å². The SMILES string of the molecule is C=Cc1ccc(OCc2ccc([N+](=O)[O-])cc2)c(OC)c1. The van der Waals surface area contributed by atoms with Crippen molar-refractivity contribution in [3.05, 3.63) is 70.3 Å². The maximum Gasteiger partial charge on any atom is 0.269 e. The van der Waals surface area contributed by atoms with Gasteiger partial charge in [-0.2, -0.15) is 0 Å². The molecule has 2 aromatic carbocycles. The Bertz CT molecular complexity index is 650. The van der Waals surface area contributed by atoms with Gasteiger partial charge in [-0.1, -0.05) is 18.7 Å². The number of methoxy groups -OCH3 is 1. The van der Waals surface area contributed by atoms with Gasteiger partial charge in [-0.3, -0.25) is 10.1 Å². The summed E-state index contributed by atoms with van der Waals surface area (Å²) in [5.74, 6) is 1.23. The molecule has 0 aliphatic carbocycles. The van der Waals surface area contributed by atoms with Gasteiger partial charge in [0.2, 0.25) is 0 Å². The lowest BCUT2D eigenvalue weighted by molar-refractivity contribution is -0.384. The van der Waals surface area contributed by atoms with Crippen LogP contribution in [0, 0.1) is 10.1 Å². The van der Waals surface area contributed by atoms with Crippen LogP contribution >= 0.6 is 0 Å². The van der Waals surface area contributed by atoms with Gasteiger partial charge in [0, 0.05) is 12.1 Å². The molecule has 0 heterocycles. The highest BCUT2D eigenvalue weighted by atomic mass is 16.6. The van der Waals surface area contributed by atoms with E-state index < -0.39 is 4.92 Å². The highest BCUT2D eigenvalue weighted by Gasteiger charge is 2.07. The van der Waals surface area contributed by atoms with Crippen molar-refractivity contribution in [2.75, 3.05) is 7.11 Å². The molecule has 21 heavy (non-hydrogen) atoms. The monoisotopic (exact) mass is 285 g/mol. The van der Waals surface area contributed by atoms with Gasteiger partial charge in [0.25, 0.3) is 5.69 Å². The Morgan fingerprint density at radius 3 is 2.48 bits per heavy atom. The lowest BCUT2D eigenvalue weighted by Crippen LogP contribution is -1.98. The van der Waals surface area contributed by atoms with Crippen LogP contribution in [0.1, 0.15) is 11.1 Å². The molecule has 0 N–H and O–H groups in total. The average molecular weight is 285 g/mol. The summed E-state index contributed by atoms with van der Waals surface area (Å²) in [6.07, 6.45) is 1.72. The molecule has 0 atom stereocenters. The van der Waals surface area contributed by atoms with E-state index in [4.69, 9.17) is 9.47 Å². The number of ether oxygens (including phenoxy) is 2. The third kappa shape index (κ3) is 3.60. The first-order valence-electron chi connectivity index (χ1n) is 6.30. The van der Waals surface area contributed by atoms with Crippen LogP contribution in [0.5, 0.6) is 11.5 Å². The van der Waals surface area contributed by atoms with E-state index in [1.807, 2.05) is 12.1 Å². The number of nitrogens with zero attached hydrogens (tertiary/aromatic N) is 1. The molecule has 108 valence electrons. The lowest BCUT2D eigenvalue weighted by atomic mass is 10.2. The van der Waals surface area contributed by atoms with Crippen molar-refractivity contribution in [3.63, 3.8) is 0 Å². The second-order valence-electron chi connectivity index (χ2n) is 4.33. The minimum Gasteiger partial charge on any atom is -0.493 e. The third-order valence-corrected chi connectivity index (χ3v) is 2.96. The molecule has 0 aliphatic rings. The molecule has 0 bridgehead atoms. The summed E-state index contributed by atoms with van der Waals surface area (Å²) in [6.45, 7) is 4.01. The summed E-state index contributed by atoms with van der Waals surface area (Å²) < 4.78 is 10.9. The summed E-state index contributed by atoms with van der Waals surface area (Å²) in [5.41, 5.74) is 1.84. The Morgan fingerprint density at radius 1 is 1.19 bits per heavy atom. The minimum atomic E-state index is -0.429. The predicted molar refractivity (Wildman–Crippen MR) is 80.5 cm³/mol. The molecular weight excluding hydrogens is 270 g/mol. The van der Waals surface area contributed by atoms with Crippen LogP contribution in [0.3, 0.4) is 0 Å². The molecule has 0 radical (unpaired) electrons. The van der Waals surface area contributed by atoms with Crippen LogP contribution in [0.25, 0.3) is 6.08 Å². The average Bonchev–Trinajstić information content (AvgIpc) is 2.53. The first-order chi connectivity index (χ1) is 10.1. The van der Waals surface area contributed by atoms with Crippen LogP contribution in [0.15, 0.2) is 49.0 Å². The van der Waals surface area contributed by atoms with E-state index in [2.05, 4.69) is 6.58 Å². The number of hydrogen-bond acceptors (Lipinski definition) is 4. The van der Waals surface area contributed by atoms with Crippen molar-refractivity contribution in [2.24, 2.45) is 0 Å². The van der Waals surface area contributed by atoms with E-state index in [-0.39, 0.29) is 5.69 Å². The van der Waals surface area contributed by atoms with E-state index in [0.29, 0.717) is 18.1 Å². The third-order valence-electron chi connectivity index (χ3n) is 2.96. The van der Waals surface area contributed by atoms with Gasteiger partial charge in [0.1, 0.15) is 6.61 Å². The van der Waals surface area contributed by atoms with E-state index >= 15 is 0 Å². The van der Waals surface area contributed by atoms with Crippen molar-refractivity contribution in [1.29, 1.82) is 0 Å². The zero-order valence-corrected chi connectivity index (χ0v) is 11.6.